The zero-order valence-electron chi connectivity index (χ0n) is 22.3. The fourth-order valence-electron chi connectivity index (χ4n) is 5.94. The zero-order valence-corrected chi connectivity index (χ0v) is 22.3. The quantitative estimate of drug-likeness (QED) is 0.296. The Bertz CT molecular complexity index is 1480. The lowest BCUT2D eigenvalue weighted by atomic mass is 9.65. The average Bonchev–Trinajstić information content (AvgIpc) is 2.90. The number of nitrogens with one attached hydrogen (secondary N) is 2. The molecule has 2 N–H and O–H groups in total. The summed E-state index contributed by atoms with van der Waals surface area (Å²) in [6, 6.07) is 33.5. The van der Waals surface area contributed by atoms with Gasteiger partial charge in [0.05, 0.1) is 11.3 Å². The molecule has 0 fully saturated rings. The number of nitrogens with zero attached hydrogens (tertiary/aromatic N) is 1. The molecule has 0 bridgehead atoms. The summed E-state index contributed by atoms with van der Waals surface area (Å²) in [5.41, 5.74) is 5.23. The third kappa shape index (κ3) is 4.68. The van der Waals surface area contributed by atoms with E-state index in [-0.39, 0.29) is 22.8 Å². The number of anilines is 4. The van der Waals surface area contributed by atoms with Crippen LogP contribution in [0.3, 0.4) is 0 Å². The van der Waals surface area contributed by atoms with Crippen molar-refractivity contribution in [1.29, 1.82) is 0 Å². The lowest BCUT2D eigenvalue weighted by Crippen LogP contribution is -2.55. The van der Waals surface area contributed by atoms with Gasteiger partial charge in [-0.1, -0.05) is 67.6 Å². The second-order valence-corrected chi connectivity index (χ2v) is 10.8. The predicted molar refractivity (Wildman–Crippen MR) is 155 cm³/mol. The van der Waals surface area contributed by atoms with E-state index in [2.05, 4.69) is 43.5 Å². The topological polar surface area (TPSA) is 61.4 Å². The van der Waals surface area contributed by atoms with E-state index < -0.39 is 0 Å². The van der Waals surface area contributed by atoms with Crippen LogP contribution in [0.25, 0.3) is 0 Å². The van der Waals surface area contributed by atoms with Gasteiger partial charge < -0.3 is 15.5 Å². The Balaban J connectivity index is 1.53. The average molecular weight is 504 g/mol. The van der Waals surface area contributed by atoms with Crippen LogP contribution < -0.4 is 15.5 Å². The van der Waals surface area contributed by atoms with Crippen molar-refractivity contribution in [3.8, 4) is 0 Å². The first kappa shape index (κ1) is 25.3. The van der Waals surface area contributed by atoms with E-state index >= 15 is 0 Å². The summed E-state index contributed by atoms with van der Waals surface area (Å²) in [5, 5.41) is 6.45. The number of benzene rings is 4. The molecule has 4 aromatic rings. The number of carbonyl (C=O) groups excluding carboxylic acids is 2. The fourth-order valence-corrected chi connectivity index (χ4v) is 5.94. The van der Waals surface area contributed by atoms with E-state index in [9.17, 15) is 9.59 Å². The SMILES string of the molecule is CC(=O)N1c2ccc(NC(=O)c3ccccc3Nc3ccccc3)cc2C(C)(c2ccccc2)CC1(C)C. The number of carbonyl (C=O) groups is 2. The molecule has 1 aliphatic heterocycles. The summed E-state index contributed by atoms with van der Waals surface area (Å²) in [7, 11) is 0. The summed E-state index contributed by atoms with van der Waals surface area (Å²) < 4.78 is 0. The van der Waals surface area contributed by atoms with E-state index in [0.29, 0.717) is 11.3 Å². The van der Waals surface area contributed by atoms with Gasteiger partial charge in [0.1, 0.15) is 0 Å². The number of hydrogen-bond acceptors (Lipinski definition) is 3. The molecule has 5 nitrogen and oxygen atoms in total. The van der Waals surface area contributed by atoms with Gasteiger partial charge in [-0.25, -0.2) is 0 Å². The Hall–Kier alpha value is -4.38. The third-order valence-corrected chi connectivity index (χ3v) is 7.43. The second kappa shape index (κ2) is 9.82. The predicted octanol–water partition coefficient (Wildman–Crippen LogP) is 7.52. The maximum Gasteiger partial charge on any atom is 0.257 e. The molecule has 0 aromatic heterocycles. The zero-order chi connectivity index (χ0) is 26.9. The largest absolute Gasteiger partial charge is 0.355 e. The minimum Gasteiger partial charge on any atom is -0.355 e. The van der Waals surface area contributed by atoms with E-state index in [0.717, 1.165) is 29.0 Å². The summed E-state index contributed by atoms with van der Waals surface area (Å²) >= 11 is 0. The maximum atomic E-state index is 13.5. The van der Waals surface area contributed by atoms with Crippen LogP contribution in [0.15, 0.2) is 103 Å². The molecule has 192 valence electrons. The fraction of sp³-hybridized carbons (Fsp3) is 0.212. The highest BCUT2D eigenvalue weighted by Crippen LogP contribution is 2.51. The summed E-state index contributed by atoms with van der Waals surface area (Å²) in [6.45, 7) is 8.07. The Kier molecular flexibility index (Phi) is 6.53. The molecule has 0 saturated carbocycles. The molecule has 4 aromatic carbocycles. The molecule has 1 aliphatic rings. The van der Waals surface area contributed by atoms with Crippen molar-refractivity contribution < 1.29 is 9.59 Å². The highest BCUT2D eigenvalue weighted by Gasteiger charge is 2.47. The van der Waals surface area contributed by atoms with Crippen molar-refractivity contribution in [2.24, 2.45) is 0 Å². The Morgan fingerprint density at radius 2 is 1.39 bits per heavy atom. The Labute approximate surface area is 224 Å². The molecule has 0 radical (unpaired) electrons. The van der Waals surface area contributed by atoms with E-state index in [1.807, 2.05) is 95.9 Å². The van der Waals surface area contributed by atoms with Crippen LogP contribution >= 0.6 is 0 Å². The van der Waals surface area contributed by atoms with Crippen LogP contribution in [0.2, 0.25) is 0 Å². The van der Waals surface area contributed by atoms with Gasteiger partial charge in [0.15, 0.2) is 0 Å². The van der Waals surface area contributed by atoms with Gasteiger partial charge in [-0.2, -0.15) is 0 Å². The van der Waals surface area contributed by atoms with Crippen LogP contribution in [0, 0.1) is 0 Å². The molecule has 1 unspecified atom stereocenters. The molecular formula is C33H33N3O2. The molecule has 0 aliphatic carbocycles. The van der Waals surface area contributed by atoms with Gasteiger partial charge in [0, 0.05) is 34.9 Å². The van der Waals surface area contributed by atoms with Crippen molar-refractivity contribution in [2.45, 2.75) is 45.1 Å². The Morgan fingerprint density at radius 1 is 0.763 bits per heavy atom. The molecule has 38 heavy (non-hydrogen) atoms. The van der Waals surface area contributed by atoms with E-state index in [4.69, 9.17) is 0 Å². The lowest BCUT2D eigenvalue weighted by molar-refractivity contribution is -0.117. The molecule has 5 heteroatoms. The van der Waals surface area contributed by atoms with Crippen LogP contribution in [-0.2, 0) is 10.2 Å². The number of para-hydroxylation sites is 2. The normalized spacial score (nSPS) is 17.8. The first-order valence-electron chi connectivity index (χ1n) is 12.9. The van der Waals surface area contributed by atoms with Crippen molar-refractivity contribution in [1.82, 2.24) is 0 Å². The molecule has 0 saturated heterocycles. The Morgan fingerprint density at radius 3 is 2.08 bits per heavy atom. The molecule has 2 amide bonds. The highest BCUT2D eigenvalue weighted by atomic mass is 16.2. The molecule has 0 spiro atoms. The first-order chi connectivity index (χ1) is 18.2. The van der Waals surface area contributed by atoms with Crippen LogP contribution in [0.4, 0.5) is 22.7 Å². The van der Waals surface area contributed by atoms with Gasteiger partial charge >= 0.3 is 0 Å². The third-order valence-electron chi connectivity index (χ3n) is 7.43. The van der Waals surface area contributed by atoms with E-state index in [1.165, 1.54) is 5.56 Å². The van der Waals surface area contributed by atoms with Crippen molar-refractivity contribution >= 4 is 34.6 Å². The maximum absolute atomic E-state index is 13.5. The summed E-state index contributed by atoms with van der Waals surface area (Å²) in [6.07, 6.45) is 0.748. The van der Waals surface area contributed by atoms with E-state index in [1.54, 1.807) is 6.92 Å². The van der Waals surface area contributed by atoms with Gasteiger partial charge in [0.25, 0.3) is 5.91 Å². The molecular weight excluding hydrogens is 470 g/mol. The van der Waals surface area contributed by atoms with Crippen molar-refractivity contribution in [2.75, 3.05) is 15.5 Å². The molecule has 1 heterocycles. The first-order valence-corrected chi connectivity index (χ1v) is 12.9. The summed E-state index contributed by atoms with van der Waals surface area (Å²) in [4.78, 5) is 28.2. The standard InChI is InChI=1S/C33H33N3O2/c1-23(37)36-30-20-19-26(21-28(30)33(4,22-32(36,2)3)24-13-7-5-8-14-24)35-31(38)27-17-11-12-18-29(27)34-25-15-9-6-10-16-25/h5-21,34H,22H2,1-4H3,(H,35,38). The number of rotatable bonds is 5. The number of hydrogen-bond donors (Lipinski definition) is 2. The molecule has 5 rings (SSSR count). The number of amides is 2. The minimum absolute atomic E-state index is 0.00376. The minimum atomic E-state index is -0.379. The highest BCUT2D eigenvalue weighted by molar-refractivity contribution is 6.08. The van der Waals surface area contributed by atoms with Gasteiger partial charge in [-0.05, 0) is 73.9 Å². The van der Waals surface area contributed by atoms with Crippen molar-refractivity contribution in [3.63, 3.8) is 0 Å². The summed E-state index contributed by atoms with van der Waals surface area (Å²) in [5.74, 6) is -0.200. The molecule has 1 atom stereocenters. The van der Waals surface area contributed by atoms with Gasteiger partial charge in [-0.15, -0.1) is 0 Å². The second-order valence-electron chi connectivity index (χ2n) is 10.8. The van der Waals surface area contributed by atoms with Crippen LogP contribution in [0.1, 0.15) is 55.6 Å². The van der Waals surface area contributed by atoms with Crippen LogP contribution in [0.5, 0.6) is 0 Å². The smallest absolute Gasteiger partial charge is 0.257 e. The lowest BCUT2D eigenvalue weighted by Gasteiger charge is -2.51. The van der Waals surface area contributed by atoms with Gasteiger partial charge in [0.2, 0.25) is 5.91 Å². The van der Waals surface area contributed by atoms with Gasteiger partial charge in [-0.3, -0.25) is 9.59 Å². The number of fused-ring (bicyclic) bond motifs is 1. The monoisotopic (exact) mass is 503 g/mol. The van der Waals surface area contributed by atoms with Crippen LogP contribution in [-0.4, -0.2) is 17.4 Å². The van der Waals surface area contributed by atoms with Crippen molar-refractivity contribution in [3.05, 3.63) is 120 Å².